The maximum atomic E-state index is 12.3. The summed E-state index contributed by atoms with van der Waals surface area (Å²) in [5.74, 6) is 0.888. The Hall–Kier alpha value is -2.67. The largest absolute Gasteiger partial charge is 0.354 e. The van der Waals surface area contributed by atoms with Crippen molar-refractivity contribution in [2.75, 3.05) is 56.5 Å². The number of rotatable bonds is 7. The number of carbonyl (C=O) groups is 2. The third-order valence-electron chi connectivity index (χ3n) is 5.80. The predicted octanol–water partition coefficient (Wildman–Crippen LogP) is 2.88. The zero-order valence-corrected chi connectivity index (χ0v) is 18.6. The Labute approximate surface area is 179 Å². The Morgan fingerprint density at radius 2 is 1.77 bits per heavy atom. The van der Waals surface area contributed by atoms with Crippen LogP contribution in [0.15, 0.2) is 24.3 Å². The lowest BCUT2D eigenvalue weighted by Gasteiger charge is -2.33. The van der Waals surface area contributed by atoms with Gasteiger partial charge in [-0.15, -0.1) is 0 Å². The number of hydrogen-bond acceptors (Lipinski definition) is 5. The fraction of sp³-hybridized carbons (Fsp3) is 0.522. The van der Waals surface area contributed by atoms with Crippen LogP contribution >= 0.6 is 0 Å². The van der Waals surface area contributed by atoms with E-state index in [9.17, 15) is 9.59 Å². The minimum Gasteiger partial charge on any atom is -0.354 e. The number of aromatic nitrogens is 1. The highest BCUT2D eigenvalue weighted by Gasteiger charge is 2.17. The van der Waals surface area contributed by atoms with Crippen molar-refractivity contribution >= 4 is 34.2 Å². The minimum atomic E-state index is -0.144. The van der Waals surface area contributed by atoms with Crippen molar-refractivity contribution in [3.63, 3.8) is 0 Å². The van der Waals surface area contributed by atoms with Gasteiger partial charge in [-0.05, 0) is 57.6 Å². The maximum absolute atomic E-state index is 12.3. The average molecular weight is 412 g/mol. The topological polar surface area (TPSA) is 68.8 Å². The number of piperazine rings is 1. The van der Waals surface area contributed by atoms with E-state index in [0.717, 1.165) is 54.2 Å². The van der Waals surface area contributed by atoms with Gasteiger partial charge in [-0.1, -0.05) is 0 Å². The summed E-state index contributed by atoms with van der Waals surface area (Å²) in [6, 6.07) is 7.93. The molecular formula is C23H33N5O2. The molecule has 1 N–H and O–H groups in total. The van der Waals surface area contributed by atoms with E-state index >= 15 is 0 Å². The molecule has 162 valence electrons. The van der Waals surface area contributed by atoms with Gasteiger partial charge in [0.1, 0.15) is 5.82 Å². The summed E-state index contributed by atoms with van der Waals surface area (Å²) in [4.78, 5) is 35.7. The van der Waals surface area contributed by atoms with E-state index in [2.05, 4.69) is 35.2 Å². The van der Waals surface area contributed by atoms with Crippen LogP contribution in [0.4, 0.5) is 11.5 Å². The minimum absolute atomic E-state index is 0.0186. The molecule has 3 rings (SSSR count). The molecule has 0 atom stereocenters. The Balaban J connectivity index is 1.66. The normalized spacial score (nSPS) is 14.7. The van der Waals surface area contributed by atoms with Crippen molar-refractivity contribution in [1.82, 2.24) is 14.8 Å². The van der Waals surface area contributed by atoms with Gasteiger partial charge in [0, 0.05) is 63.2 Å². The van der Waals surface area contributed by atoms with Crippen LogP contribution in [0.5, 0.6) is 0 Å². The molecule has 1 aliphatic rings. The summed E-state index contributed by atoms with van der Waals surface area (Å²) < 4.78 is 0. The molecule has 0 unspecified atom stereocenters. The zero-order valence-electron chi connectivity index (χ0n) is 18.6. The van der Waals surface area contributed by atoms with Gasteiger partial charge in [-0.25, -0.2) is 4.98 Å². The molecule has 0 bridgehead atoms. The maximum Gasteiger partial charge on any atom is 0.224 e. The smallest absolute Gasteiger partial charge is 0.224 e. The second kappa shape index (κ2) is 9.89. The van der Waals surface area contributed by atoms with Crippen molar-refractivity contribution in [3.05, 3.63) is 29.8 Å². The number of likely N-dealkylation sites (N-methyl/N-ethyl adjacent to an activating group) is 1. The molecule has 0 saturated carbocycles. The summed E-state index contributed by atoms with van der Waals surface area (Å²) in [7, 11) is 2.14. The lowest BCUT2D eigenvalue weighted by atomic mass is 10.1. The number of nitrogens with one attached hydrogen (secondary N) is 1. The molecule has 0 radical (unpaired) electrons. The molecule has 0 aliphatic carbocycles. The van der Waals surface area contributed by atoms with Crippen LogP contribution in [-0.2, 0) is 9.59 Å². The van der Waals surface area contributed by atoms with Crippen molar-refractivity contribution < 1.29 is 9.59 Å². The third kappa shape index (κ3) is 5.27. The number of anilines is 2. The molecular weight excluding hydrogens is 378 g/mol. The van der Waals surface area contributed by atoms with E-state index in [-0.39, 0.29) is 24.7 Å². The lowest BCUT2D eigenvalue weighted by molar-refractivity contribution is -0.132. The monoisotopic (exact) mass is 411 g/mol. The van der Waals surface area contributed by atoms with Crippen molar-refractivity contribution in [2.24, 2.45) is 0 Å². The van der Waals surface area contributed by atoms with Crippen LogP contribution in [-0.4, -0.2) is 72.9 Å². The van der Waals surface area contributed by atoms with Gasteiger partial charge in [-0.2, -0.15) is 0 Å². The number of carbonyl (C=O) groups excluding carboxylic acids is 2. The number of benzene rings is 1. The van der Waals surface area contributed by atoms with E-state index in [4.69, 9.17) is 4.98 Å². The molecule has 7 heteroatoms. The number of aryl methyl sites for hydroxylation is 1. The highest BCUT2D eigenvalue weighted by molar-refractivity contribution is 5.96. The molecule has 1 aromatic carbocycles. The first-order chi connectivity index (χ1) is 14.4. The predicted molar refractivity (Wildman–Crippen MR) is 122 cm³/mol. The van der Waals surface area contributed by atoms with E-state index in [1.807, 2.05) is 32.0 Å². The number of amides is 2. The lowest BCUT2D eigenvalue weighted by Crippen LogP contribution is -2.44. The first-order valence-corrected chi connectivity index (χ1v) is 10.8. The molecule has 1 fully saturated rings. The first-order valence-electron chi connectivity index (χ1n) is 10.8. The van der Waals surface area contributed by atoms with Crippen LogP contribution in [0.2, 0.25) is 0 Å². The van der Waals surface area contributed by atoms with Gasteiger partial charge in [0.05, 0.1) is 5.52 Å². The fourth-order valence-electron chi connectivity index (χ4n) is 3.83. The summed E-state index contributed by atoms with van der Waals surface area (Å²) in [6.45, 7) is 11.4. The van der Waals surface area contributed by atoms with Gasteiger partial charge in [0.2, 0.25) is 11.8 Å². The molecule has 2 amide bonds. The fourth-order valence-corrected chi connectivity index (χ4v) is 3.83. The van der Waals surface area contributed by atoms with Gasteiger partial charge in [-0.3, -0.25) is 9.59 Å². The van der Waals surface area contributed by atoms with Gasteiger partial charge in [0.25, 0.3) is 0 Å². The zero-order chi connectivity index (χ0) is 21.7. The molecule has 30 heavy (non-hydrogen) atoms. The van der Waals surface area contributed by atoms with Crippen molar-refractivity contribution in [3.8, 4) is 0 Å². The number of fused-ring (bicyclic) bond motifs is 1. The van der Waals surface area contributed by atoms with E-state index in [1.54, 1.807) is 4.90 Å². The van der Waals surface area contributed by atoms with Crippen LogP contribution < -0.4 is 10.2 Å². The number of hydrogen-bond donors (Lipinski definition) is 1. The summed E-state index contributed by atoms with van der Waals surface area (Å²) >= 11 is 0. The summed E-state index contributed by atoms with van der Waals surface area (Å²) in [6.07, 6.45) is 0.420. The summed E-state index contributed by atoms with van der Waals surface area (Å²) in [5, 5.41) is 3.95. The molecule has 0 spiro atoms. The number of pyridine rings is 1. The number of nitrogens with zero attached hydrogens (tertiary/aromatic N) is 4. The van der Waals surface area contributed by atoms with E-state index < -0.39 is 0 Å². The summed E-state index contributed by atoms with van der Waals surface area (Å²) in [5.41, 5.74) is 2.81. The molecule has 1 saturated heterocycles. The molecule has 2 heterocycles. The molecule has 1 aromatic heterocycles. The highest BCUT2D eigenvalue weighted by atomic mass is 16.2. The van der Waals surface area contributed by atoms with Gasteiger partial charge >= 0.3 is 0 Å². The highest BCUT2D eigenvalue weighted by Crippen LogP contribution is 2.26. The SMILES string of the molecule is CCN(CC)C(=O)CCC(=O)Nc1ccc2nc(N3CCN(C)CC3)cc(C)c2c1. The van der Waals surface area contributed by atoms with Gasteiger partial charge < -0.3 is 20.0 Å². The van der Waals surface area contributed by atoms with E-state index in [0.29, 0.717) is 13.1 Å². The quantitative estimate of drug-likeness (QED) is 0.759. The standard InChI is InChI=1S/C23H33N5O2/c1-5-27(6-2)23(30)10-9-22(29)24-18-7-8-20-19(16-18)17(3)15-21(25-20)28-13-11-26(4)12-14-28/h7-8,15-16H,5-6,9-14H2,1-4H3,(H,24,29). The van der Waals surface area contributed by atoms with Crippen LogP contribution in [0.25, 0.3) is 10.9 Å². The molecule has 7 nitrogen and oxygen atoms in total. The average Bonchev–Trinajstić information content (AvgIpc) is 2.74. The molecule has 2 aromatic rings. The van der Waals surface area contributed by atoms with E-state index in [1.165, 1.54) is 0 Å². The van der Waals surface area contributed by atoms with Crippen molar-refractivity contribution in [2.45, 2.75) is 33.6 Å². The Bertz CT molecular complexity index is 902. The van der Waals surface area contributed by atoms with Crippen LogP contribution in [0, 0.1) is 6.92 Å². The third-order valence-corrected chi connectivity index (χ3v) is 5.80. The van der Waals surface area contributed by atoms with Crippen molar-refractivity contribution in [1.29, 1.82) is 0 Å². The molecule has 1 aliphatic heterocycles. The Kier molecular flexibility index (Phi) is 7.26. The first kappa shape index (κ1) is 22.0. The Morgan fingerprint density at radius 1 is 1.07 bits per heavy atom. The second-order valence-electron chi connectivity index (χ2n) is 7.93. The second-order valence-corrected chi connectivity index (χ2v) is 7.93. The van der Waals surface area contributed by atoms with Crippen LogP contribution in [0.3, 0.4) is 0 Å². The van der Waals surface area contributed by atoms with Gasteiger partial charge in [0.15, 0.2) is 0 Å². The van der Waals surface area contributed by atoms with Crippen LogP contribution in [0.1, 0.15) is 32.3 Å². The Morgan fingerprint density at radius 3 is 2.43 bits per heavy atom.